The van der Waals surface area contributed by atoms with Gasteiger partial charge in [-0.3, -0.25) is 0 Å². The van der Waals surface area contributed by atoms with Gasteiger partial charge in [0, 0.05) is 16.7 Å². The molecule has 0 atom stereocenters. The molecular weight excluding hydrogens is 313 g/mol. The van der Waals surface area contributed by atoms with E-state index in [1.54, 1.807) is 6.07 Å². The second-order valence-electron chi connectivity index (χ2n) is 5.29. The summed E-state index contributed by atoms with van der Waals surface area (Å²) in [7, 11) is 0. The minimum Gasteiger partial charge on any atom is -0.398 e. The second-order valence-corrected chi connectivity index (χ2v) is 7.57. The van der Waals surface area contributed by atoms with E-state index in [1.165, 1.54) is 5.56 Å². The number of anilines is 1. The van der Waals surface area contributed by atoms with Gasteiger partial charge in [-0.2, -0.15) is 0 Å². The first-order chi connectivity index (χ1) is 9.23. The first-order valence-electron chi connectivity index (χ1n) is 6.25. The predicted molar refractivity (Wildman–Crippen MR) is 88.7 cm³/mol. The van der Waals surface area contributed by atoms with Crippen molar-refractivity contribution < 1.29 is 0 Å². The zero-order valence-corrected chi connectivity index (χ0v) is 13.6. The fourth-order valence-corrected chi connectivity index (χ4v) is 2.70. The van der Waals surface area contributed by atoms with Gasteiger partial charge in [0.15, 0.2) is 0 Å². The molecule has 0 aliphatic rings. The Morgan fingerprint density at radius 3 is 2.00 bits per heavy atom. The molecule has 4 heteroatoms. The maximum Gasteiger partial charge on any atom is 0.218 e. The molecule has 0 bridgehead atoms. The molecule has 1 nitrogen and oxygen atoms in total. The summed E-state index contributed by atoms with van der Waals surface area (Å²) in [6, 6.07) is 15.8. The molecule has 2 rings (SSSR count). The maximum atomic E-state index is 5.98. The molecule has 0 aliphatic carbocycles. The highest BCUT2D eigenvalue weighted by Gasteiger charge is 2.29. The first kappa shape index (κ1) is 15.5. The van der Waals surface area contributed by atoms with E-state index < -0.39 is 3.79 Å². The summed E-state index contributed by atoms with van der Waals surface area (Å²) >= 11 is 17.9. The molecule has 0 aromatic heterocycles. The molecule has 106 valence electrons. The van der Waals surface area contributed by atoms with Crippen LogP contribution < -0.4 is 5.73 Å². The van der Waals surface area contributed by atoms with Crippen molar-refractivity contribution >= 4 is 40.5 Å². The normalized spacial score (nSPS) is 12.4. The molecular formula is C16H16Cl3N. The Bertz CT molecular complexity index is 601. The van der Waals surface area contributed by atoms with Crippen molar-refractivity contribution in [2.75, 3.05) is 5.73 Å². The predicted octanol–water partition coefficient (Wildman–Crippen LogP) is 5.42. The van der Waals surface area contributed by atoms with Gasteiger partial charge in [-0.15, -0.1) is 0 Å². The Morgan fingerprint density at radius 2 is 1.45 bits per heavy atom. The van der Waals surface area contributed by atoms with Crippen LogP contribution in [0.15, 0.2) is 48.5 Å². The van der Waals surface area contributed by atoms with E-state index in [1.807, 2.05) is 30.3 Å². The average Bonchev–Trinajstić information content (AvgIpc) is 2.38. The lowest BCUT2D eigenvalue weighted by molar-refractivity contribution is 0.640. The van der Waals surface area contributed by atoms with Gasteiger partial charge in [0.05, 0.1) is 0 Å². The van der Waals surface area contributed by atoms with Gasteiger partial charge in [-0.25, -0.2) is 0 Å². The average molecular weight is 329 g/mol. The van der Waals surface area contributed by atoms with Crippen LogP contribution in [0.25, 0.3) is 0 Å². The van der Waals surface area contributed by atoms with E-state index >= 15 is 0 Å². The Hall–Kier alpha value is -0.890. The van der Waals surface area contributed by atoms with E-state index in [0.717, 1.165) is 5.56 Å². The van der Waals surface area contributed by atoms with Crippen molar-refractivity contribution in [3.8, 4) is 0 Å². The minimum atomic E-state index is -1.52. The van der Waals surface area contributed by atoms with E-state index in [9.17, 15) is 0 Å². The third-order valence-corrected chi connectivity index (χ3v) is 4.19. The first-order valence-corrected chi connectivity index (χ1v) is 7.39. The molecule has 2 aromatic carbocycles. The third-order valence-electron chi connectivity index (χ3n) is 3.58. The van der Waals surface area contributed by atoms with Crippen LogP contribution in [-0.4, -0.2) is 0 Å². The number of hydrogen-bond donors (Lipinski definition) is 1. The Labute approximate surface area is 134 Å². The molecule has 0 fully saturated rings. The molecule has 0 unspecified atom stereocenters. The minimum absolute atomic E-state index is 0.195. The number of alkyl halides is 3. The molecule has 0 heterocycles. The zero-order valence-electron chi connectivity index (χ0n) is 11.3. The van der Waals surface area contributed by atoms with E-state index in [4.69, 9.17) is 40.5 Å². The molecule has 2 aromatic rings. The fourth-order valence-electron chi connectivity index (χ4n) is 2.21. The Morgan fingerprint density at radius 1 is 0.850 bits per heavy atom. The molecule has 0 saturated heterocycles. The van der Waals surface area contributed by atoms with E-state index in [2.05, 4.69) is 26.0 Å². The van der Waals surface area contributed by atoms with Crippen molar-refractivity contribution in [2.45, 2.75) is 23.1 Å². The largest absolute Gasteiger partial charge is 0.398 e. The van der Waals surface area contributed by atoms with Crippen LogP contribution >= 0.6 is 34.8 Å². The summed E-state index contributed by atoms with van der Waals surface area (Å²) in [5.74, 6) is 0. The standard InChI is InChI=1S/C16H16Cl3N/c1-15(2,11-6-4-3-5-7-11)12-8-9-14(20)13(10-12)16(17,18)19/h3-10H,20H2,1-2H3. The molecule has 2 N–H and O–H groups in total. The van der Waals surface area contributed by atoms with Crippen LogP contribution in [0.4, 0.5) is 5.69 Å². The summed E-state index contributed by atoms with van der Waals surface area (Å²) in [5.41, 5.74) is 8.96. The van der Waals surface area contributed by atoms with Crippen molar-refractivity contribution in [3.63, 3.8) is 0 Å². The van der Waals surface area contributed by atoms with E-state index in [-0.39, 0.29) is 5.41 Å². The van der Waals surface area contributed by atoms with Crippen LogP contribution in [0.3, 0.4) is 0 Å². The highest BCUT2D eigenvalue weighted by atomic mass is 35.6. The number of halogens is 3. The lowest BCUT2D eigenvalue weighted by Gasteiger charge is -2.28. The fraction of sp³-hybridized carbons (Fsp3) is 0.250. The molecule has 0 saturated carbocycles. The van der Waals surface area contributed by atoms with E-state index in [0.29, 0.717) is 11.3 Å². The summed E-state index contributed by atoms with van der Waals surface area (Å²) in [6.45, 7) is 4.27. The van der Waals surface area contributed by atoms with Gasteiger partial charge in [-0.1, -0.05) is 85.0 Å². The van der Waals surface area contributed by atoms with Crippen LogP contribution in [0.5, 0.6) is 0 Å². The van der Waals surface area contributed by atoms with Crippen LogP contribution in [0.1, 0.15) is 30.5 Å². The zero-order chi connectivity index (χ0) is 15.0. The van der Waals surface area contributed by atoms with Crippen molar-refractivity contribution in [1.29, 1.82) is 0 Å². The molecule has 0 radical (unpaired) electrons. The quantitative estimate of drug-likeness (QED) is 0.578. The third kappa shape index (κ3) is 3.06. The summed E-state index contributed by atoms with van der Waals surface area (Å²) in [6.07, 6.45) is 0. The van der Waals surface area contributed by atoms with Gasteiger partial charge < -0.3 is 5.73 Å². The van der Waals surface area contributed by atoms with Crippen molar-refractivity contribution in [1.82, 2.24) is 0 Å². The summed E-state index contributed by atoms with van der Waals surface area (Å²) in [4.78, 5) is 0. The number of nitrogens with two attached hydrogens (primary N) is 1. The number of benzene rings is 2. The molecule has 0 aliphatic heterocycles. The van der Waals surface area contributed by atoms with Gasteiger partial charge in [0.1, 0.15) is 0 Å². The van der Waals surface area contributed by atoms with Gasteiger partial charge in [-0.05, 0) is 23.3 Å². The molecule has 20 heavy (non-hydrogen) atoms. The van der Waals surface area contributed by atoms with Crippen molar-refractivity contribution in [2.24, 2.45) is 0 Å². The van der Waals surface area contributed by atoms with Gasteiger partial charge >= 0.3 is 0 Å². The lowest BCUT2D eigenvalue weighted by Crippen LogP contribution is -2.20. The molecule has 0 spiro atoms. The monoisotopic (exact) mass is 327 g/mol. The SMILES string of the molecule is CC(C)(c1ccccc1)c1ccc(N)c(C(Cl)(Cl)Cl)c1. The van der Waals surface area contributed by atoms with Crippen molar-refractivity contribution in [3.05, 3.63) is 65.2 Å². The lowest BCUT2D eigenvalue weighted by atomic mass is 9.77. The highest BCUT2D eigenvalue weighted by molar-refractivity contribution is 6.67. The number of hydrogen-bond acceptors (Lipinski definition) is 1. The Kier molecular flexibility index (Phi) is 4.24. The van der Waals surface area contributed by atoms with Crippen LogP contribution in [0, 0.1) is 0 Å². The van der Waals surface area contributed by atoms with Gasteiger partial charge in [0.25, 0.3) is 0 Å². The van der Waals surface area contributed by atoms with Gasteiger partial charge in [0.2, 0.25) is 3.79 Å². The summed E-state index contributed by atoms with van der Waals surface area (Å²) < 4.78 is -1.52. The molecule has 0 amide bonds. The summed E-state index contributed by atoms with van der Waals surface area (Å²) in [5, 5.41) is 0. The maximum absolute atomic E-state index is 5.98. The van der Waals surface area contributed by atoms with Crippen LogP contribution in [-0.2, 0) is 9.21 Å². The second kappa shape index (κ2) is 5.48. The smallest absolute Gasteiger partial charge is 0.218 e. The Balaban J connectivity index is 2.54. The number of rotatable bonds is 2. The van der Waals surface area contributed by atoms with Crippen LogP contribution in [0.2, 0.25) is 0 Å². The topological polar surface area (TPSA) is 26.0 Å². The highest BCUT2D eigenvalue weighted by Crippen LogP contribution is 2.43. The number of nitrogen functional groups attached to an aromatic ring is 1.